The van der Waals surface area contributed by atoms with E-state index in [4.69, 9.17) is 9.47 Å². The second kappa shape index (κ2) is 6.81. The van der Waals surface area contributed by atoms with Gasteiger partial charge in [0.2, 0.25) is 0 Å². The SMILES string of the molecule is C=C(c1c(F)cccc1[C@H]1C(C(=O)OC)=C(C)NC2=C1C(=O)OC2)C(F)(F)F. The van der Waals surface area contributed by atoms with E-state index >= 15 is 0 Å². The van der Waals surface area contributed by atoms with Crippen molar-refractivity contribution in [1.29, 1.82) is 0 Å². The van der Waals surface area contributed by atoms with Crippen molar-refractivity contribution < 1.29 is 36.6 Å². The van der Waals surface area contributed by atoms with Gasteiger partial charge in [-0.3, -0.25) is 0 Å². The van der Waals surface area contributed by atoms with E-state index in [1.54, 1.807) is 0 Å². The van der Waals surface area contributed by atoms with E-state index in [-0.39, 0.29) is 29.0 Å². The minimum Gasteiger partial charge on any atom is -0.466 e. The van der Waals surface area contributed by atoms with Crippen molar-refractivity contribution in [3.8, 4) is 0 Å². The molecule has 5 nitrogen and oxygen atoms in total. The number of nitrogens with one attached hydrogen (secondary N) is 1. The molecule has 2 aliphatic heterocycles. The summed E-state index contributed by atoms with van der Waals surface area (Å²) < 4.78 is 64.2. The molecule has 0 radical (unpaired) electrons. The lowest BCUT2D eigenvalue weighted by molar-refractivity contribution is -0.136. The van der Waals surface area contributed by atoms with Crippen molar-refractivity contribution in [2.75, 3.05) is 13.7 Å². The molecule has 1 N–H and O–H groups in total. The van der Waals surface area contributed by atoms with E-state index in [2.05, 4.69) is 11.9 Å². The fourth-order valence-electron chi connectivity index (χ4n) is 3.40. The van der Waals surface area contributed by atoms with Gasteiger partial charge in [-0.2, -0.15) is 13.2 Å². The maximum atomic E-state index is 14.5. The summed E-state index contributed by atoms with van der Waals surface area (Å²) in [5.74, 6) is -4.15. The molecule has 0 unspecified atom stereocenters. The predicted octanol–water partition coefficient (Wildman–Crippen LogP) is 3.35. The monoisotopic (exact) mass is 397 g/mol. The van der Waals surface area contributed by atoms with E-state index in [1.165, 1.54) is 19.1 Å². The molecule has 0 aromatic heterocycles. The zero-order valence-electron chi connectivity index (χ0n) is 14.9. The molecule has 1 aromatic carbocycles. The van der Waals surface area contributed by atoms with Crippen molar-refractivity contribution in [3.05, 3.63) is 64.3 Å². The number of hydrogen-bond acceptors (Lipinski definition) is 5. The largest absolute Gasteiger partial charge is 0.466 e. The van der Waals surface area contributed by atoms with E-state index in [1.807, 2.05) is 0 Å². The van der Waals surface area contributed by atoms with Crippen LogP contribution in [0.15, 0.2) is 47.3 Å². The summed E-state index contributed by atoms with van der Waals surface area (Å²) in [7, 11) is 1.09. The van der Waals surface area contributed by atoms with Crippen LogP contribution >= 0.6 is 0 Å². The molecule has 148 valence electrons. The first-order valence-electron chi connectivity index (χ1n) is 8.09. The predicted molar refractivity (Wildman–Crippen MR) is 90.1 cm³/mol. The van der Waals surface area contributed by atoms with Gasteiger partial charge < -0.3 is 14.8 Å². The van der Waals surface area contributed by atoms with Crippen LogP contribution in [0, 0.1) is 5.82 Å². The van der Waals surface area contributed by atoms with Gasteiger partial charge in [0, 0.05) is 11.3 Å². The Balaban J connectivity index is 2.31. The highest BCUT2D eigenvalue weighted by molar-refractivity contribution is 6.01. The van der Waals surface area contributed by atoms with Crippen LogP contribution in [0.3, 0.4) is 0 Å². The first-order chi connectivity index (χ1) is 13.1. The van der Waals surface area contributed by atoms with Crippen LogP contribution in [0.5, 0.6) is 0 Å². The fraction of sp³-hybridized carbons (Fsp3) is 0.263. The quantitative estimate of drug-likeness (QED) is 0.626. The molecular weight excluding hydrogens is 382 g/mol. The second-order valence-electron chi connectivity index (χ2n) is 6.24. The van der Waals surface area contributed by atoms with Gasteiger partial charge in [-0.25, -0.2) is 14.0 Å². The molecule has 9 heteroatoms. The molecule has 2 heterocycles. The van der Waals surface area contributed by atoms with Crippen molar-refractivity contribution in [2.45, 2.75) is 19.0 Å². The molecule has 0 saturated heterocycles. The Morgan fingerprint density at radius 2 is 2.04 bits per heavy atom. The summed E-state index contributed by atoms with van der Waals surface area (Å²) >= 11 is 0. The lowest BCUT2D eigenvalue weighted by Gasteiger charge is -2.29. The number of benzene rings is 1. The number of halogens is 4. The highest BCUT2D eigenvalue weighted by Gasteiger charge is 2.45. The fourth-order valence-corrected chi connectivity index (χ4v) is 3.40. The summed E-state index contributed by atoms with van der Waals surface area (Å²) in [5, 5.41) is 2.84. The standard InChI is InChI=1S/C19H15F4NO4/c1-8(19(21,22)23)13-10(5-4-6-11(13)20)15-14(17(25)27-3)9(2)24-12-7-28-18(26)16(12)15/h4-6,15,24H,1,7H2,2-3H3/t15-/m0/s1. The maximum Gasteiger partial charge on any atom is 0.416 e. The number of methoxy groups -OCH3 is 1. The Hall–Kier alpha value is -3.10. The number of carbonyl (C=O) groups is 2. The van der Waals surface area contributed by atoms with Crippen molar-refractivity contribution in [3.63, 3.8) is 0 Å². The number of allylic oxidation sites excluding steroid dienone is 2. The number of alkyl halides is 3. The number of cyclic esters (lactones) is 1. The Bertz CT molecular complexity index is 959. The number of hydrogen-bond donors (Lipinski definition) is 1. The van der Waals surface area contributed by atoms with Gasteiger partial charge in [-0.05, 0) is 18.6 Å². The number of ether oxygens (including phenoxy) is 2. The minimum atomic E-state index is -4.92. The normalized spacial score (nSPS) is 19.2. The van der Waals surface area contributed by atoms with E-state index in [9.17, 15) is 27.2 Å². The number of dihydropyridines is 1. The highest BCUT2D eigenvalue weighted by atomic mass is 19.4. The molecule has 0 bridgehead atoms. The number of carbonyl (C=O) groups excluding carboxylic acids is 2. The van der Waals surface area contributed by atoms with Crippen LogP contribution in [0.25, 0.3) is 5.57 Å². The van der Waals surface area contributed by atoms with Crippen LogP contribution in [-0.4, -0.2) is 31.8 Å². The van der Waals surface area contributed by atoms with E-state index < -0.39 is 41.0 Å². The molecule has 0 aliphatic carbocycles. The zero-order chi connectivity index (χ0) is 20.8. The molecule has 2 aliphatic rings. The third-order valence-electron chi connectivity index (χ3n) is 4.62. The molecule has 1 aromatic rings. The van der Waals surface area contributed by atoms with Gasteiger partial charge in [0.25, 0.3) is 0 Å². The Kier molecular flexibility index (Phi) is 4.78. The molecule has 28 heavy (non-hydrogen) atoms. The molecular formula is C19H15F4NO4. The first-order valence-corrected chi connectivity index (χ1v) is 8.09. The van der Waals surface area contributed by atoms with Crippen LogP contribution in [0.4, 0.5) is 17.6 Å². The molecule has 0 saturated carbocycles. The Morgan fingerprint density at radius 1 is 1.36 bits per heavy atom. The highest BCUT2D eigenvalue weighted by Crippen LogP contribution is 2.46. The molecule has 1 atom stereocenters. The summed E-state index contributed by atoms with van der Waals surface area (Å²) in [5.41, 5.74) is -2.07. The number of rotatable bonds is 3. The summed E-state index contributed by atoms with van der Waals surface area (Å²) in [6.07, 6.45) is -4.92. The van der Waals surface area contributed by atoms with Crippen molar-refractivity contribution in [1.82, 2.24) is 5.32 Å². The average molecular weight is 397 g/mol. The van der Waals surface area contributed by atoms with Crippen molar-refractivity contribution in [2.24, 2.45) is 0 Å². The van der Waals surface area contributed by atoms with Crippen LogP contribution < -0.4 is 5.32 Å². The molecule has 0 spiro atoms. The molecule has 0 amide bonds. The smallest absolute Gasteiger partial charge is 0.416 e. The van der Waals surface area contributed by atoms with Crippen molar-refractivity contribution >= 4 is 17.5 Å². The third-order valence-corrected chi connectivity index (χ3v) is 4.62. The van der Waals surface area contributed by atoms with Crippen LogP contribution in [0.1, 0.15) is 24.0 Å². The van der Waals surface area contributed by atoms with E-state index in [0.29, 0.717) is 5.70 Å². The Morgan fingerprint density at radius 3 is 2.64 bits per heavy atom. The van der Waals surface area contributed by atoms with Crippen LogP contribution in [-0.2, 0) is 19.1 Å². The Labute approximate surface area is 157 Å². The molecule has 3 rings (SSSR count). The first kappa shape index (κ1) is 19.7. The summed E-state index contributed by atoms with van der Waals surface area (Å²) in [6, 6.07) is 3.27. The summed E-state index contributed by atoms with van der Waals surface area (Å²) in [6.45, 7) is 4.35. The van der Waals surface area contributed by atoms with Gasteiger partial charge in [0.05, 0.1) is 35.4 Å². The zero-order valence-corrected chi connectivity index (χ0v) is 14.9. The maximum absolute atomic E-state index is 14.5. The lowest BCUT2D eigenvalue weighted by atomic mass is 9.78. The van der Waals surface area contributed by atoms with Gasteiger partial charge in [-0.1, -0.05) is 18.7 Å². The van der Waals surface area contributed by atoms with Gasteiger partial charge >= 0.3 is 18.1 Å². The topological polar surface area (TPSA) is 64.6 Å². The van der Waals surface area contributed by atoms with Gasteiger partial charge in [0.15, 0.2) is 0 Å². The minimum absolute atomic E-state index is 0.0622. The lowest BCUT2D eigenvalue weighted by Crippen LogP contribution is -2.30. The number of esters is 2. The van der Waals surface area contributed by atoms with E-state index in [0.717, 1.165) is 13.2 Å². The average Bonchev–Trinajstić information content (AvgIpc) is 2.98. The van der Waals surface area contributed by atoms with Gasteiger partial charge in [0.1, 0.15) is 12.4 Å². The third kappa shape index (κ3) is 3.06. The second-order valence-corrected chi connectivity index (χ2v) is 6.24. The van der Waals surface area contributed by atoms with Crippen LogP contribution in [0.2, 0.25) is 0 Å². The van der Waals surface area contributed by atoms with Gasteiger partial charge in [-0.15, -0.1) is 0 Å². The summed E-state index contributed by atoms with van der Waals surface area (Å²) in [4.78, 5) is 24.7. The molecule has 0 fully saturated rings.